The van der Waals surface area contributed by atoms with E-state index in [-0.39, 0.29) is 80.2 Å². The quantitative estimate of drug-likeness (QED) is 0.0570. The summed E-state index contributed by atoms with van der Waals surface area (Å²) >= 11 is 1.59. The fourth-order valence-corrected chi connectivity index (χ4v) is 12.1. The van der Waals surface area contributed by atoms with Crippen molar-refractivity contribution in [3.05, 3.63) is 124 Å². The van der Waals surface area contributed by atoms with Crippen LogP contribution in [0.4, 0.5) is 26.0 Å². The average Bonchev–Trinajstić information content (AvgIpc) is 4.15. The number of aliphatic hydroxyl groups excluding tert-OH is 1. The van der Waals surface area contributed by atoms with Crippen molar-refractivity contribution in [1.82, 2.24) is 20.1 Å². The molecule has 3 aliphatic rings. The van der Waals surface area contributed by atoms with Gasteiger partial charge in [0.15, 0.2) is 5.82 Å². The van der Waals surface area contributed by atoms with Crippen molar-refractivity contribution in [2.45, 2.75) is 110 Å². The molecule has 0 bridgehead atoms. The molecule has 0 spiro atoms. The average molecular weight is 1070 g/mol. The Morgan fingerprint density at radius 1 is 0.844 bits per heavy atom. The molecule has 1 unspecified atom stereocenters. The summed E-state index contributed by atoms with van der Waals surface area (Å²) in [4.78, 5) is 78.8. The van der Waals surface area contributed by atoms with Crippen molar-refractivity contribution >= 4 is 68.6 Å². The molecule has 2 saturated heterocycles. The van der Waals surface area contributed by atoms with Crippen LogP contribution in [0.15, 0.2) is 84.4 Å². The lowest BCUT2D eigenvalue weighted by atomic mass is 9.70. The number of carbonyl (C=O) groups excluding carboxylic acids is 5. The Balaban J connectivity index is 0.768. The summed E-state index contributed by atoms with van der Waals surface area (Å²) in [5.74, 6) is -3.54. The number of ketones is 3. The van der Waals surface area contributed by atoms with Gasteiger partial charge < -0.3 is 30.3 Å². The van der Waals surface area contributed by atoms with Crippen LogP contribution in [0, 0.1) is 41.7 Å². The van der Waals surface area contributed by atoms with Gasteiger partial charge in [-0.3, -0.25) is 29.1 Å². The van der Waals surface area contributed by atoms with E-state index in [9.17, 15) is 37.9 Å². The first-order valence-electron chi connectivity index (χ1n) is 27.0. The monoisotopic (exact) mass is 1070 g/mol. The Morgan fingerprint density at radius 2 is 1.56 bits per heavy atom. The van der Waals surface area contributed by atoms with Crippen molar-refractivity contribution in [3.8, 4) is 10.4 Å². The van der Waals surface area contributed by atoms with Crippen molar-refractivity contribution < 1.29 is 42.6 Å². The highest BCUT2D eigenvalue weighted by atomic mass is 32.1. The van der Waals surface area contributed by atoms with Gasteiger partial charge in [-0.25, -0.2) is 13.8 Å². The first kappa shape index (κ1) is 55.1. The highest BCUT2D eigenvalue weighted by molar-refractivity contribution is 7.13. The number of ether oxygens (including phenoxy) is 1. The highest BCUT2D eigenvalue weighted by Gasteiger charge is 2.46. The summed E-state index contributed by atoms with van der Waals surface area (Å²) < 4.78 is 33.5. The normalized spacial score (nSPS) is 18.6. The van der Waals surface area contributed by atoms with Crippen molar-refractivity contribution in [3.63, 3.8) is 0 Å². The third-order valence-electron chi connectivity index (χ3n) is 15.6. The van der Waals surface area contributed by atoms with Gasteiger partial charge in [0.25, 0.3) is 5.91 Å². The number of aliphatic hydroxyl groups is 1. The number of Topliss-reactive ketones (excluding diaryl/α,β-unsaturated/α-hetero) is 3. The summed E-state index contributed by atoms with van der Waals surface area (Å²) in [6.45, 7) is 11.1. The van der Waals surface area contributed by atoms with E-state index in [2.05, 4.69) is 30.7 Å². The number of nitrogens with one attached hydrogen (secondary N) is 3. The number of benzene rings is 4. The molecule has 3 fully saturated rings. The largest absolute Gasteiger partial charge is 0.393 e. The first-order valence-corrected chi connectivity index (χ1v) is 27.8. The Bertz CT molecular complexity index is 3080. The highest BCUT2D eigenvalue weighted by Crippen LogP contribution is 2.41. The van der Waals surface area contributed by atoms with Crippen LogP contribution >= 0.6 is 11.3 Å². The van der Waals surface area contributed by atoms with Crippen molar-refractivity contribution in [1.29, 1.82) is 0 Å². The number of hydrogen-bond donors (Lipinski definition) is 4. The zero-order valence-electron chi connectivity index (χ0n) is 44.3. The second-order valence-electron chi connectivity index (χ2n) is 22.2. The van der Waals surface area contributed by atoms with E-state index in [1.54, 1.807) is 17.4 Å². The summed E-state index contributed by atoms with van der Waals surface area (Å²) in [6, 6.07) is 22.8. The van der Waals surface area contributed by atoms with Gasteiger partial charge in [-0.15, -0.1) is 11.3 Å². The third kappa shape index (κ3) is 13.7. The van der Waals surface area contributed by atoms with Crippen molar-refractivity contribution in [2.24, 2.45) is 23.2 Å². The predicted molar refractivity (Wildman–Crippen MR) is 295 cm³/mol. The van der Waals surface area contributed by atoms with Gasteiger partial charge in [-0.05, 0) is 122 Å². The fourth-order valence-electron chi connectivity index (χ4n) is 11.3. The molecule has 4 N–H and O–H groups in total. The number of anilines is 3. The van der Waals surface area contributed by atoms with Gasteiger partial charge >= 0.3 is 0 Å². The van der Waals surface area contributed by atoms with E-state index in [1.165, 1.54) is 12.1 Å². The second kappa shape index (κ2) is 24.3. The molecule has 9 rings (SSSR count). The summed E-state index contributed by atoms with van der Waals surface area (Å²) in [5.41, 5.74) is 8.28. The molecule has 17 heteroatoms. The third-order valence-corrected chi connectivity index (χ3v) is 16.6. The van der Waals surface area contributed by atoms with Crippen LogP contribution in [0.1, 0.15) is 111 Å². The lowest BCUT2D eigenvalue weighted by Gasteiger charge is -2.36. The summed E-state index contributed by atoms with van der Waals surface area (Å²) in [7, 11) is 0. The first-order chi connectivity index (χ1) is 36.9. The lowest BCUT2D eigenvalue weighted by Crippen LogP contribution is -2.48. The number of nitrogens with zero attached hydrogens (tertiary/aromatic N) is 4. The summed E-state index contributed by atoms with van der Waals surface area (Å²) in [6.07, 6.45) is 3.03. The number of fused-ring (bicyclic) bond motifs is 1. The van der Waals surface area contributed by atoms with Gasteiger partial charge in [-0.1, -0.05) is 51.1 Å². The number of aryl methyl sites for hydroxylation is 2. The molecule has 2 amide bonds. The number of rotatable bonds is 20. The maximum atomic E-state index is 14.3. The topological polar surface area (TPSA) is 187 Å². The Morgan fingerprint density at radius 3 is 2.26 bits per heavy atom. The molecule has 4 heterocycles. The van der Waals surface area contributed by atoms with E-state index in [0.29, 0.717) is 85.8 Å². The Hall–Kier alpha value is -6.69. The van der Waals surface area contributed by atoms with E-state index in [4.69, 9.17) is 4.74 Å². The minimum absolute atomic E-state index is 0.0181. The standard InChI is InChI=1S/C60H69F2N7O7S/c1-36-57(77-35-63-36)40-12-8-37(9-13-40)11-17-54(72)48-32-46(71)33-49(48)56(74)51(60(2,3)4)34-45(70)6-5-7-55(73)69-22-20-68(21-23-69)44-14-15-47(53(31-44)64-43-18-24-76-25-19-43)59(75)65-58-50-29-38(10-16-52(50)66-67-58)26-39-27-41(61)30-42(62)28-39/h8-10,12-16,27-31,35,43,46,48-49,51,64,71H,5-7,11,17-26,32-34H2,1-4H3,(H2,65,66,67,75)/t46-,48-,49?,51-/m1/s1. The molecule has 4 aromatic carbocycles. The zero-order chi connectivity index (χ0) is 54.4. The molecule has 4 atom stereocenters. The Kier molecular flexibility index (Phi) is 17.4. The van der Waals surface area contributed by atoms with E-state index >= 15 is 0 Å². The number of halogens is 2. The molecule has 1 aliphatic carbocycles. The summed E-state index contributed by atoms with van der Waals surface area (Å²) in [5, 5.41) is 25.3. The SMILES string of the molecule is Cc1ncsc1-c1ccc(CCC(=O)[C@@H]2C[C@@H](O)CC2C(=O)[C@@H](CC(=O)CCCC(=O)N2CCN(c3ccc(C(=O)Nc4n[nH]c5ccc(Cc6cc(F)cc(F)c6)cc45)c(NC4CCOCC4)c3)CC2)C(C)(C)C)cc1. The smallest absolute Gasteiger partial charge is 0.258 e. The number of H-pyrrole nitrogens is 1. The zero-order valence-corrected chi connectivity index (χ0v) is 45.2. The van der Waals surface area contributed by atoms with E-state index in [1.807, 2.05) is 92.7 Å². The van der Waals surface area contributed by atoms with Crippen molar-refractivity contribution in [2.75, 3.05) is 54.9 Å². The van der Waals surface area contributed by atoms with Gasteiger partial charge in [0.05, 0.1) is 33.3 Å². The molecule has 14 nitrogen and oxygen atoms in total. The maximum absolute atomic E-state index is 14.3. The van der Waals surface area contributed by atoms with Gasteiger partial charge in [0.1, 0.15) is 29.0 Å². The number of amides is 2. The minimum Gasteiger partial charge on any atom is -0.393 e. The van der Waals surface area contributed by atoms with Crippen LogP contribution in [0.25, 0.3) is 21.3 Å². The van der Waals surface area contributed by atoms with Crippen LogP contribution in [-0.2, 0) is 36.8 Å². The van der Waals surface area contributed by atoms with Crippen LogP contribution in [0.5, 0.6) is 0 Å². The Labute approximate surface area is 452 Å². The van der Waals surface area contributed by atoms with Gasteiger partial charge in [0, 0.05) is 112 Å². The molecule has 2 aliphatic heterocycles. The number of aromatic amines is 1. The number of thiazole rings is 1. The van der Waals surface area contributed by atoms with E-state index in [0.717, 1.165) is 51.9 Å². The maximum Gasteiger partial charge on any atom is 0.258 e. The number of aromatic nitrogens is 3. The fraction of sp³-hybridized carbons (Fsp3) is 0.450. The van der Waals surface area contributed by atoms with E-state index < -0.39 is 40.9 Å². The number of hydrogen-bond acceptors (Lipinski definition) is 12. The molecular formula is C60H69F2N7O7S. The molecule has 1 saturated carbocycles. The van der Waals surface area contributed by atoms with Crippen LogP contribution in [0.3, 0.4) is 0 Å². The predicted octanol–water partition coefficient (Wildman–Crippen LogP) is 10.3. The minimum atomic E-state index is -0.759. The van der Waals surface area contributed by atoms with Crippen LogP contribution in [-0.4, -0.2) is 106 Å². The van der Waals surface area contributed by atoms with Gasteiger partial charge in [-0.2, -0.15) is 5.10 Å². The number of carbonyl (C=O) groups is 5. The molecule has 406 valence electrons. The molecule has 0 radical (unpaired) electrons. The molecule has 2 aromatic heterocycles. The molecule has 6 aromatic rings. The molecular weight excluding hydrogens is 1000 g/mol. The lowest BCUT2D eigenvalue weighted by molar-refractivity contribution is -0.138. The van der Waals surface area contributed by atoms with Gasteiger partial charge in [0.2, 0.25) is 5.91 Å². The number of piperazine rings is 1. The van der Waals surface area contributed by atoms with Crippen LogP contribution < -0.4 is 15.5 Å². The second-order valence-corrected chi connectivity index (χ2v) is 23.0. The van der Waals surface area contributed by atoms with Crippen LogP contribution in [0.2, 0.25) is 0 Å². The molecule has 77 heavy (non-hydrogen) atoms.